The fraction of sp³-hybridized carbons (Fsp3) is 0.375. The van der Waals surface area contributed by atoms with Crippen molar-refractivity contribution in [2.45, 2.75) is 19.4 Å². The summed E-state index contributed by atoms with van der Waals surface area (Å²) in [5, 5.41) is 3.39. The summed E-state index contributed by atoms with van der Waals surface area (Å²) in [6, 6.07) is 5.96. The molecule has 1 amide bonds. The summed E-state index contributed by atoms with van der Waals surface area (Å²) >= 11 is 0. The summed E-state index contributed by atoms with van der Waals surface area (Å²) in [5.41, 5.74) is 0.792. The SMILES string of the molecule is Cc1cc(=O)oc2ccc(OCC(=O)N[C@@H]3CCS(=O)(=O)C3)cc12. The van der Waals surface area contributed by atoms with Crippen molar-refractivity contribution in [3.05, 3.63) is 40.2 Å². The number of amides is 1. The number of hydrogen-bond acceptors (Lipinski definition) is 6. The first-order valence-electron chi connectivity index (χ1n) is 7.49. The second-order valence-corrected chi connectivity index (χ2v) is 8.09. The normalized spacial score (nSPS) is 19.3. The van der Waals surface area contributed by atoms with Crippen LogP contribution in [0.4, 0.5) is 0 Å². The highest BCUT2D eigenvalue weighted by atomic mass is 32.2. The Morgan fingerprint density at radius 2 is 2.17 bits per heavy atom. The fourth-order valence-electron chi connectivity index (χ4n) is 2.72. The summed E-state index contributed by atoms with van der Waals surface area (Å²) in [7, 11) is -3.03. The van der Waals surface area contributed by atoms with E-state index in [1.165, 1.54) is 6.07 Å². The zero-order valence-corrected chi connectivity index (χ0v) is 13.9. The van der Waals surface area contributed by atoms with E-state index >= 15 is 0 Å². The number of benzene rings is 1. The molecule has 1 atom stereocenters. The zero-order valence-electron chi connectivity index (χ0n) is 13.1. The van der Waals surface area contributed by atoms with Crippen LogP contribution in [0.5, 0.6) is 5.75 Å². The number of rotatable bonds is 4. The first kappa shape index (κ1) is 16.5. The van der Waals surface area contributed by atoms with Crippen molar-refractivity contribution in [1.82, 2.24) is 5.32 Å². The molecule has 2 aromatic rings. The summed E-state index contributed by atoms with van der Waals surface area (Å²) < 4.78 is 33.3. The van der Waals surface area contributed by atoms with Crippen molar-refractivity contribution in [3.63, 3.8) is 0 Å². The number of nitrogens with one attached hydrogen (secondary N) is 1. The van der Waals surface area contributed by atoms with E-state index in [2.05, 4.69) is 5.32 Å². The largest absolute Gasteiger partial charge is 0.484 e. The number of sulfone groups is 1. The molecule has 0 unspecified atom stereocenters. The van der Waals surface area contributed by atoms with Crippen LogP contribution in [-0.2, 0) is 14.6 Å². The molecule has 2 heterocycles. The lowest BCUT2D eigenvalue weighted by Crippen LogP contribution is -2.38. The van der Waals surface area contributed by atoms with Gasteiger partial charge in [-0.2, -0.15) is 0 Å². The minimum Gasteiger partial charge on any atom is -0.484 e. The standard InChI is InChI=1S/C16H17NO6S/c1-10-6-16(19)23-14-3-2-12(7-13(10)14)22-8-15(18)17-11-4-5-24(20,21)9-11/h2-3,6-7,11H,4-5,8-9H2,1H3,(H,17,18)/t11-/m1/s1. The molecule has 1 aliphatic heterocycles. The van der Waals surface area contributed by atoms with Crippen molar-refractivity contribution in [2.75, 3.05) is 18.1 Å². The van der Waals surface area contributed by atoms with Gasteiger partial charge in [0.25, 0.3) is 5.91 Å². The predicted octanol–water partition coefficient (Wildman–Crippen LogP) is 0.784. The van der Waals surface area contributed by atoms with Gasteiger partial charge in [0.05, 0.1) is 11.5 Å². The zero-order chi connectivity index (χ0) is 17.3. The number of carbonyl (C=O) groups excluding carboxylic acids is 1. The van der Waals surface area contributed by atoms with E-state index in [9.17, 15) is 18.0 Å². The van der Waals surface area contributed by atoms with E-state index in [1.54, 1.807) is 25.1 Å². The first-order valence-corrected chi connectivity index (χ1v) is 9.32. The van der Waals surface area contributed by atoms with Crippen LogP contribution in [0.2, 0.25) is 0 Å². The average molecular weight is 351 g/mol. The highest BCUT2D eigenvalue weighted by Crippen LogP contribution is 2.22. The quantitative estimate of drug-likeness (QED) is 0.817. The van der Waals surface area contributed by atoms with Crippen LogP contribution >= 0.6 is 0 Å². The number of fused-ring (bicyclic) bond motifs is 1. The maximum absolute atomic E-state index is 11.9. The van der Waals surface area contributed by atoms with Crippen molar-refractivity contribution < 1.29 is 22.4 Å². The average Bonchev–Trinajstić information content (AvgIpc) is 2.84. The van der Waals surface area contributed by atoms with Gasteiger partial charge in [-0.1, -0.05) is 0 Å². The Kier molecular flexibility index (Phi) is 4.31. The molecule has 1 saturated heterocycles. The van der Waals surface area contributed by atoms with E-state index in [1.807, 2.05) is 0 Å². The molecule has 1 aliphatic rings. The third-order valence-corrected chi connectivity index (χ3v) is 5.66. The molecular weight excluding hydrogens is 334 g/mol. The molecule has 128 valence electrons. The predicted molar refractivity (Wildman–Crippen MR) is 87.9 cm³/mol. The lowest BCUT2D eigenvalue weighted by Gasteiger charge is -2.12. The molecule has 1 aromatic heterocycles. The highest BCUT2D eigenvalue weighted by molar-refractivity contribution is 7.91. The molecule has 1 N–H and O–H groups in total. The number of carbonyl (C=O) groups is 1. The second-order valence-electron chi connectivity index (χ2n) is 5.86. The van der Waals surface area contributed by atoms with Crippen molar-refractivity contribution in [1.29, 1.82) is 0 Å². The second kappa shape index (κ2) is 6.27. The third-order valence-electron chi connectivity index (χ3n) is 3.89. The number of ether oxygens (including phenoxy) is 1. The molecule has 24 heavy (non-hydrogen) atoms. The van der Waals surface area contributed by atoms with Crippen LogP contribution in [-0.4, -0.2) is 38.5 Å². The van der Waals surface area contributed by atoms with Gasteiger partial charge in [-0.05, 0) is 37.1 Å². The molecular formula is C16H17NO6S. The van der Waals surface area contributed by atoms with Crippen molar-refractivity contribution in [3.8, 4) is 5.75 Å². The van der Waals surface area contributed by atoms with Gasteiger partial charge in [0.1, 0.15) is 11.3 Å². The molecule has 1 fully saturated rings. The molecule has 0 radical (unpaired) electrons. The topological polar surface area (TPSA) is 103 Å². The van der Waals surface area contributed by atoms with Gasteiger partial charge >= 0.3 is 5.63 Å². The Balaban J connectivity index is 1.63. The van der Waals surface area contributed by atoms with Crippen LogP contribution in [0, 0.1) is 6.92 Å². The lowest BCUT2D eigenvalue weighted by molar-refractivity contribution is -0.123. The number of hydrogen-bond donors (Lipinski definition) is 1. The summed E-state index contributed by atoms with van der Waals surface area (Å²) in [4.78, 5) is 23.2. The Morgan fingerprint density at radius 1 is 1.38 bits per heavy atom. The van der Waals surface area contributed by atoms with Gasteiger partial charge in [-0.15, -0.1) is 0 Å². The molecule has 1 aromatic carbocycles. The summed E-state index contributed by atoms with van der Waals surface area (Å²) in [5.74, 6) is 0.183. The highest BCUT2D eigenvalue weighted by Gasteiger charge is 2.28. The lowest BCUT2D eigenvalue weighted by atomic mass is 10.1. The van der Waals surface area contributed by atoms with E-state index < -0.39 is 15.5 Å². The smallest absolute Gasteiger partial charge is 0.336 e. The van der Waals surface area contributed by atoms with Crippen LogP contribution in [0.25, 0.3) is 11.0 Å². The molecule has 0 spiro atoms. The van der Waals surface area contributed by atoms with Gasteiger partial charge in [-0.25, -0.2) is 13.2 Å². The number of aryl methyl sites for hydroxylation is 1. The van der Waals surface area contributed by atoms with Gasteiger partial charge in [0, 0.05) is 17.5 Å². The molecule has 0 bridgehead atoms. The molecule has 3 rings (SSSR count). The Morgan fingerprint density at radius 3 is 2.88 bits per heavy atom. The Bertz CT molecular complexity index is 947. The Labute approximate surface area is 138 Å². The molecule has 8 heteroatoms. The maximum Gasteiger partial charge on any atom is 0.336 e. The van der Waals surface area contributed by atoms with E-state index in [4.69, 9.17) is 9.15 Å². The molecule has 0 aliphatic carbocycles. The van der Waals surface area contributed by atoms with Crippen molar-refractivity contribution in [2.24, 2.45) is 0 Å². The molecule has 0 saturated carbocycles. The third kappa shape index (κ3) is 3.76. The maximum atomic E-state index is 11.9. The monoisotopic (exact) mass is 351 g/mol. The minimum atomic E-state index is -3.03. The molecule has 7 nitrogen and oxygen atoms in total. The summed E-state index contributed by atoms with van der Waals surface area (Å²) in [6.45, 7) is 1.58. The van der Waals surface area contributed by atoms with Crippen LogP contribution in [0.3, 0.4) is 0 Å². The van der Waals surface area contributed by atoms with E-state index in [0.717, 1.165) is 10.9 Å². The first-order chi connectivity index (χ1) is 11.3. The Hall–Kier alpha value is -2.35. The van der Waals surface area contributed by atoms with Gasteiger partial charge < -0.3 is 14.5 Å². The fourth-order valence-corrected chi connectivity index (χ4v) is 4.39. The van der Waals surface area contributed by atoms with Crippen molar-refractivity contribution >= 4 is 26.7 Å². The van der Waals surface area contributed by atoms with Gasteiger partial charge in [0.15, 0.2) is 16.4 Å². The van der Waals surface area contributed by atoms with Gasteiger partial charge in [-0.3, -0.25) is 4.79 Å². The van der Waals surface area contributed by atoms with Crippen LogP contribution in [0.1, 0.15) is 12.0 Å². The summed E-state index contributed by atoms with van der Waals surface area (Å²) in [6.07, 6.45) is 0.433. The van der Waals surface area contributed by atoms with E-state index in [-0.39, 0.29) is 30.1 Å². The van der Waals surface area contributed by atoms with E-state index in [0.29, 0.717) is 17.8 Å². The van der Waals surface area contributed by atoms with Gasteiger partial charge in [0.2, 0.25) is 0 Å². The van der Waals surface area contributed by atoms with Crippen LogP contribution < -0.4 is 15.7 Å². The minimum absolute atomic E-state index is 0.0209. The van der Waals surface area contributed by atoms with Crippen LogP contribution in [0.15, 0.2) is 33.5 Å².